The van der Waals surface area contributed by atoms with Gasteiger partial charge in [-0.25, -0.2) is 13.8 Å². The van der Waals surface area contributed by atoms with Gasteiger partial charge in [0, 0.05) is 17.8 Å². The number of rotatable bonds is 3. The normalized spacial score (nSPS) is 10.9. The Balaban J connectivity index is 2.20. The number of hydrogen-bond acceptors (Lipinski definition) is 4. The number of benzene rings is 1. The highest BCUT2D eigenvalue weighted by Gasteiger charge is 2.14. The Kier molecular flexibility index (Phi) is 3.17. The number of imidazole rings is 1. The monoisotopic (exact) mass is 291 g/mol. The molecule has 2 aromatic heterocycles. The Labute approximate surface area is 118 Å². The zero-order valence-electron chi connectivity index (χ0n) is 11.3. The van der Waals surface area contributed by atoms with Crippen LogP contribution in [0.15, 0.2) is 30.5 Å². The largest absolute Gasteiger partial charge is 0.482 e. The highest BCUT2D eigenvalue weighted by atomic mass is 19.1. The molecule has 108 valence electrons. The Morgan fingerprint density at radius 3 is 2.52 bits per heavy atom. The van der Waals surface area contributed by atoms with Crippen LogP contribution < -0.4 is 9.47 Å². The van der Waals surface area contributed by atoms with Gasteiger partial charge in [0.1, 0.15) is 11.6 Å². The molecule has 0 spiro atoms. The molecule has 0 aliphatic heterocycles. The molecule has 3 aromatic rings. The minimum atomic E-state index is -0.690. The Morgan fingerprint density at radius 1 is 1.05 bits per heavy atom. The van der Waals surface area contributed by atoms with Crippen molar-refractivity contribution in [1.29, 1.82) is 0 Å². The lowest BCUT2D eigenvalue weighted by molar-refractivity contribution is 0.369. The molecule has 0 saturated heterocycles. The quantitative estimate of drug-likeness (QED) is 0.744. The maximum atomic E-state index is 13.8. The van der Waals surface area contributed by atoms with E-state index in [9.17, 15) is 8.78 Å². The van der Waals surface area contributed by atoms with Crippen LogP contribution in [-0.2, 0) is 0 Å². The van der Waals surface area contributed by atoms with Crippen LogP contribution in [0.2, 0.25) is 0 Å². The van der Waals surface area contributed by atoms with Crippen LogP contribution in [0.4, 0.5) is 8.78 Å². The van der Waals surface area contributed by atoms with Gasteiger partial charge in [-0.1, -0.05) is 0 Å². The van der Waals surface area contributed by atoms with Crippen molar-refractivity contribution in [3.05, 3.63) is 42.1 Å². The van der Waals surface area contributed by atoms with Gasteiger partial charge in [-0.15, -0.1) is 0 Å². The number of halogens is 2. The van der Waals surface area contributed by atoms with Crippen molar-refractivity contribution in [2.24, 2.45) is 0 Å². The van der Waals surface area contributed by atoms with Crippen LogP contribution >= 0.6 is 0 Å². The van der Waals surface area contributed by atoms with Gasteiger partial charge < -0.3 is 9.47 Å². The van der Waals surface area contributed by atoms with E-state index in [1.807, 2.05) is 0 Å². The molecule has 0 amide bonds. The standard InChI is InChI=1S/C14H11F2N3O2/c1-20-12-6-13(21-2)19-7-11(17-14(19)18-12)9-4-3-8(15)5-10(9)16/h3-7H,1-2H3. The van der Waals surface area contributed by atoms with E-state index in [0.29, 0.717) is 23.2 Å². The first kappa shape index (κ1) is 13.3. The van der Waals surface area contributed by atoms with Gasteiger partial charge in [-0.3, -0.25) is 4.40 Å². The van der Waals surface area contributed by atoms with Crippen molar-refractivity contribution in [2.45, 2.75) is 0 Å². The molecule has 0 fully saturated rings. The molecule has 1 aromatic carbocycles. The van der Waals surface area contributed by atoms with Crippen LogP contribution in [0.3, 0.4) is 0 Å². The zero-order chi connectivity index (χ0) is 15.0. The summed E-state index contributed by atoms with van der Waals surface area (Å²) in [6.07, 6.45) is 1.57. The number of nitrogens with zero attached hydrogens (tertiary/aromatic N) is 3. The van der Waals surface area contributed by atoms with Crippen LogP contribution in [0.1, 0.15) is 0 Å². The van der Waals surface area contributed by atoms with Crippen LogP contribution in [0.5, 0.6) is 11.8 Å². The average molecular weight is 291 g/mol. The Hall–Kier alpha value is -2.70. The Morgan fingerprint density at radius 2 is 1.86 bits per heavy atom. The molecule has 7 heteroatoms. The van der Waals surface area contributed by atoms with E-state index in [0.717, 1.165) is 6.07 Å². The van der Waals surface area contributed by atoms with Gasteiger partial charge >= 0.3 is 0 Å². The summed E-state index contributed by atoms with van der Waals surface area (Å²) in [7, 11) is 2.97. The molecular weight excluding hydrogens is 280 g/mol. The number of ether oxygens (including phenoxy) is 2. The van der Waals surface area contributed by atoms with Gasteiger partial charge in [0.2, 0.25) is 17.5 Å². The summed E-state index contributed by atoms with van der Waals surface area (Å²) >= 11 is 0. The minimum absolute atomic E-state index is 0.183. The van der Waals surface area contributed by atoms with E-state index in [1.165, 1.54) is 26.4 Å². The van der Waals surface area contributed by atoms with E-state index < -0.39 is 11.6 Å². The second-order valence-electron chi connectivity index (χ2n) is 4.26. The zero-order valence-corrected chi connectivity index (χ0v) is 11.3. The van der Waals surface area contributed by atoms with Crippen LogP contribution in [0, 0.1) is 11.6 Å². The fourth-order valence-electron chi connectivity index (χ4n) is 2.01. The topological polar surface area (TPSA) is 48.7 Å². The third-order valence-corrected chi connectivity index (χ3v) is 3.01. The lowest BCUT2D eigenvalue weighted by Crippen LogP contribution is -1.97. The van der Waals surface area contributed by atoms with Crippen LogP contribution in [0.25, 0.3) is 17.0 Å². The molecular formula is C14H11F2N3O2. The fourth-order valence-corrected chi connectivity index (χ4v) is 2.01. The molecule has 0 unspecified atom stereocenters. The Bertz CT molecular complexity index is 817. The van der Waals surface area contributed by atoms with Crippen molar-refractivity contribution in [1.82, 2.24) is 14.4 Å². The molecule has 2 heterocycles. The maximum absolute atomic E-state index is 13.8. The first-order chi connectivity index (χ1) is 10.1. The molecule has 0 atom stereocenters. The van der Waals surface area contributed by atoms with Gasteiger partial charge in [0.05, 0.1) is 26.0 Å². The molecule has 5 nitrogen and oxygen atoms in total. The van der Waals surface area contributed by atoms with E-state index in [1.54, 1.807) is 16.7 Å². The molecule has 0 aliphatic rings. The summed E-state index contributed by atoms with van der Waals surface area (Å²) in [6.45, 7) is 0. The summed E-state index contributed by atoms with van der Waals surface area (Å²) in [5, 5.41) is 0. The number of aromatic nitrogens is 3. The minimum Gasteiger partial charge on any atom is -0.482 e. The van der Waals surface area contributed by atoms with Crippen molar-refractivity contribution in [3.63, 3.8) is 0 Å². The molecule has 0 bridgehead atoms. The third kappa shape index (κ3) is 2.26. The van der Waals surface area contributed by atoms with Gasteiger partial charge in [-0.05, 0) is 12.1 Å². The maximum Gasteiger partial charge on any atom is 0.240 e. The first-order valence-electron chi connectivity index (χ1n) is 6.06. The summed E-state index contributed by atoms with van der Waals surface area (Å²) in [6, 6.07) is 4.90. The smallest absolute Gasteiger partial charge is 0.240 e. The second kappa shape index (κ2) is 5.01. The highest BCUT2D eigenvalue weighted by molar-refractivity contribution is 5.62. The van der Waals surface area contributed by atoms with E-state index in [-0.39, 0.29) is 5.56 Å². The first-order valence-corrected chi connectivity index (χ1v) is 6.06. The van der Waals surface area contributed by atoms with Crippen molar-refractivity contribution in [2.75, 3.05) is 14.2 Å². The van der Waals surface area contributed by atoms with Crippen molar-refractivity contribution in [3.8, 4) is 23.0 Å². The fraction of sp³-hybridized carbons (Fsp3) is 0.143. The van der Waals surface area contributed by atoms with E-state index >= 15 is 0 Å². The van der Waals surface area contributed by atoms with Gasteiger partial charge in [-0.2, -0.15) is 4.98 Å². The van der Waals surface area contributed by atoms with E-state index in [4.69, 9.17) is 9.47 Å². The average Bonchev–Trinajstić information content (AvgIpc) is 2.89. The SMILES string of the molecule is COc1cc(OC)n2cc(-c3ccc(F)cc3F)nc2n1. The summed E-state index contributed by atoms with van der Waals surface area (Å²) < 4.78 is 38.6. The lowest BCUT2D eigenvalue weighted by atomic mass is 10.1. The summed E-state index contributed by atoms with van der Waals surface area (Å²) in [5.74, 6) is -0.263. The summed E-state index contributed by atoms with van der Waals surface area (Å²) in [5.41, 5.74) is 0.509. The highest BCUT2D eigenvalue weighted by Crippen LogP contribution is 2.26. The predicted molar refractivity (Wildman–Crippen MR) is 71.4 cm³/mol. The summed E-state index contributed by atoms with van der Waals surface area (Å²) in [4.78, 5) is 8.37. The molecule has 3 rings (SSSR count). The van der Waals surface area contributed by atoms with Gasteiger partial charge in [0.15, 0.2) is 0 Å². The van der Waals surface area contributed by atoms with Crippen molar-refractivity contribution < 1.29 is 18.3 Å². The van der Waals surface area contributed by atoms with E-state index in [2.05, 4.69) is 9.97 Å². The van der Waals surface area contributed by atoms with Crippen LogP contribution in [-0.4, -0.2) is 28.6 Å². The number of fused-ring (bicyclic) bond motifs is 1. The molecule has 0 aliphatic carbocycles. The second-order valence-corrected chi connectivity index (χ2v) is 4.26. The third-order valence-electron chi connectivity index (χ3n) is 3.01. The number of methoxy groups -OCH3 is 2. The number of hydrogen-bond donors (Lipinski definition) is 0. The molecule has 0 N–H and O–H groups in total. The molecule has 0 saturated carbocycles. The predicted octanol–water partition coefficient (Wildman–Crippen LogP) is 2.69. The molecule has 0 radical (unpaired) electrons. The van der Waals surface area contributed by atoms with Crippen molar-refractivity contribution >= 4 is 5.78 Å². The van der Waals surface area contributed by atoms with Gasteiger partial charge in [0.25, 0.3) is 0 Å². The molecule has 21 heavy (non-hydrogen) atoms. The lowest BCUT2D eigenvalue weighted by Gasteiger charge is -2.04.